The Morgan fingerprint density at radius 3 is 2.93 bits per heavy atom. The van der Waals surface area contributed by atoms with Crippen LogP contribution in [0.4, 0.5) is 5.13 Å². The molecule has 4 aliphatic rings. The largest absolute Gasteiger partial charge is 0.383 e. The lowest BCUT2D eigenvalue weighted by Crippen LogP contribution is -2.57. The van der Waals surface area contributed by atoms with Gasteiger partial charge < -0.3 is 10.4 Å². The second kappa shape index (κ2) is 7.77. The molecule has 2 N–H and O–H groups in total. The molecule has 0 spiro atoms. The van der Waals surface area contributed by atoms with Crippen molar-refractivity contribution in [1.29, 1.82) is 0 Å². The van der Waals surface area contributed by atoms with Crippen molar-refractivity contribution in [2.24, 2.45) is 11.8 Å². The van der Waals surface area contributed by atoms with Crippen molar-refractivity contribution < 1.29 is 9.90 Å². The molecule has 4 atom stereocenters. The van der Waals surface area contributed by atoms with Gasteiger partial charge in [-0.3, -0.25) is 14.4 Å². The Hall–Kier alpha value is -1.84. The zero-order chi connectivity index (χ0) is 19.8. The van der Waals surface area contributed by atoms with Crippen molar-refractivity contribution in [3.63, 3.8) is 0 Å². The quantitative estimate of drug-likeness (QED) is 0.776. The molecular formula is C20H28N6O2S. The minimum atomic E-state index is -0.804. The smallest absolute Gasteiger partial charge is 0.230 e. The topological polar surface area (TPSA) is 96.2 Å². The Bertz CT molecular complexity index is 847. The van der Waals surface area contributed by atoms with Crippen LogP contribution in [0.25, 0.3) is 0 Å². The SMILES string of the molecule is O=C(Nc1nccs1)[C@@H]1CN2CC[C@H]1C[C@@H]2Cn1cc(C2(O)CCCCC2)nn1. The number of aromatic nitrogens is 4. The van der Waals surface area contributed by atoms with Crippen LogP contribution in [0.5, 0.6) is 0 Å². The maximum Gasteiger partial charge on any atom is 0.230 e. The number of aliphatic hydroxyl groups is 1. The van der Waals surface area contributed by atoms with Crippen molar-refractivity contribution in [3.8, 4) is 0 Å². The molecule has 1 aliphatic carbocycles. The first-order valence-corrected chi connectivity index (χ1v) is 11.6. The summed E-state index contributed by atoms with van der Waals surface area (Å²) in [6, 6.07) is 0.369. The Balaban J connectivity index is 1.21. The highest BCUT2D eigenvalue weighted by Crippen LogP contribution is 2.38. The summed E-state index contributed by atoms with van der Waals surface area (Å²) >= 11 is 1.46. The highest BCUT2D eigenvalue weighted by molar-refractivity contribution is 7.13. The average molecular weight is 417 g/mol. The lowest BCUT2D eigenvalue weighted by molar-refractivity contribution is -0.127. The molecular weight excluding hydrogens is 388 g/mol. The standard InChI is InChI=1S/C20H28N6O2S/c27-18(22-19-21-7-9-29-19)16-12-25-8-4-14(16)10-15(25)11-26-13-17(23-24-26)20(28)5-2-1-3-6-20/h7,9,13-16,28H,1-6,8,10-12H2,(H,21,22,27)/t14-,15+,16+/m0/s1. The maximum atomic E-state index is 12.7. The van der Waals surface area contributed by atoms with Crippen molar-refractivity contribution in [3.05, 3.63) is 23.5 Å². The molecule has 29 heavy (non-hydrogen) atoms. The summed E-state index contributed by atoms with van der Waals surface area (Å²) in [6.45, 7) is 2.58. The number of fused-ring (bicyclic) bond motifs is 3. The summed E-state index contributed by atoms with van der Waals surface area (Å²) in [4.78, 5) is 19.3. The van der Waals surface area contributed by atoms with Crippen molar-refractivity contribution in [2.75, 3.05) is 18.4 Å². The van der Waals surface area contributed by atoms with Gasteiger partial charge in [0.1, 0.15) is 11.3 Å². The van der Waals surface area contributed by atoms with E-state index in [2.05, 4.69) is 25.5 Å². The van der Waals surface area contributed by atoms with E-state index in [0.29, 0.717) is 22.8 Å². The van der Waals surface area contributed by atoms with Crippen LogP contribution >= 0.6 is 11.3 Å². The molecule has 1 saturated carbocycles. The number of hydrogen-bond donors (Lipinski definition) is 2. The molecule has 8 nitrogen and oxygen atoms in total. The van der Waals surface area contributed by atoms with E-state index in [1.54, 1.807) is 6.20 Å². The molecule has 3 saturated heterocycles. The Morgan fingerprint density at radius 1 is 1.34 bits per heavy atom. The Morgan fingerprint density at radius 2 is 2.21 bits per heavy atom. The molecule has 0 radical (unpaired) electrons. The number of thiazole rings is 1. The average Bonchev–Trinajstić information content (AvgIpc) is 3.41. The van der Waals surface area contributed by atoms with E-state index in [-0.39, 0.29) is 11.8 Å². The molecule has 0 aromatic carbocycles. The van der Waals surface area contributed by atoms with Crippen molar-refractivity contribution in [2.45, 2.75) is 63.1 Å². The molecule has 2 bridgehead atoms. The number of carbonyl (C=O) groups is 1. The summed E-state index contributed by atoms with van der Waals surface area (Å²) in [5, 5.41) is 25.0. The number of hydrogen-bond acceptors (Lipinski definition) is 7. The van der Waals surface area contributed by atoms with Gasteiger partial charge in [-0.15, -0.1) is 16.4 Å². The van der Waals surface area contributed by atoms with Gasteiger partial charge in [0.25, 0.3) is 0 Å². The maximum absolute atomic E-state index is 12.7. The van der Waals surface area contributed by atoms with Gasteiger partial charge in [0.15, 0.2) is 5.13 Å². The van der Waals surface area contributed by atoms with Crippen LogP contribution in [0.2, 0.25) is 0 Å². The highest BCUT2D eigenvalue weighted by atomic mass is 32.1. The van der Waals surface area contributed by atoms with Gasteiger partial charge in [-0.05, 0) is 38.1 Å². The summed E-state index contributed by atoms with van der Waals surface area (Å²) in [5.41, 5.74) is -0.0877. The fraction of sp³-hybridized carbons (Fsp3) is 0.700. The lowest BCUT2D eigenvalue weighted by Gasteiger charge is -2.49. The number of amides is 1. The van der Waals surface area contributed by atoms with Gasteiger partial charge in [0, 0.05) is 24.2 Å². The van der Waals surface area contributed by atoms with Gasteiger partial charge in [0.2, 0.25) is 5.91 Å². The van der Waals surface area contributed by atoms with Crippen LogP contribution in [-0.2, 0) is 16.9 Å². The van der Waals surface area contributed by atoms with E-state index < -0.39 is 5.60 Å². The predicted octanol–water partition coefficient (Wildman–Crippen LogP) is 2.24. The lowest BCUT2D eigenvalue weighted by atomic mass is 9.75. The van der Waals surface area contributed by atoms with E-state index in [1.807, 2.05) is 16.3 Å². The second-order valence-electron chi connectivity index (χ2n) is 8.78. The number of anilines is 1. The van der Waals surface area contributed by atoms with Crippen LogP contribution in [0, 0.1) is 11.8 Å². The summed E-state index contributed by atoms with van der Waals surface area (Å²) in [6.07, 6.45) is 10.5. The molecule has 4 fully saturated rings. The molecule has 1 amide bonds. The predicted molar refractivity (Wildman–Crippen MR) is 109 cm³/mol. The fourth-order valence-corrected chi connectivity index (χ4v) is 5.85. The zero-order valence-electron chi connectivity index (χ0n) is 16.5. The third-order valence-corrected chi connectivity index (χ3v) is 7.66. The number of nitrogens with zero attached hydrogens (tertiary/aromatic N) is 5. The zero-order valence-corrected chi connectivity index (χ0v) is 17.4. The number of nitrogens with one attached hydrogen (secondary N) is 1. The van der Waals surface area contributed by atoms with Crippen LogP contribution in [0.15, 0.2) is 17.8 Å². The molecule has 3 aliphatic heterocycles. The third-order valence-electron chi connectivity index (χ3n) is 6.97. The first kappa shape index (κ1) is 19.1. The number of piperidine rings is 3. The molecule has 2 aromatic rings. The van der Waals surface area contributed by atoms with Crippen molar-refractivity contribution >= 4 is 22.4 Å². The van der Waals surface area contributed by atoms with E-state index in [4.69, 9.17) is 0 Å². The third kappa shape index (κ3) is 3.83. The van der Waals surface area contributed by atoms with E-state index in [9.17, 15) is 9.90 Å². The van der Waals surface area contributed by atoms with Gasteiger partial charge >= 0.3 is 0 Å². The Kier molecular flexibility index (Phi) is 5.13. The monoisotopic (exact) mass is 416 g/mol. The minimum absolute atomic E-state index is 0.0261. The number of rotatable bonds is 5. The first-order valence-electron chi connectivity index (χ1n) is 10.7. The van der Waals surface area contributed by atoms with Gasteiger partial charge in [-0.1, -0.05) is 24.5 Å². The summed E-state index contributed by atoms with van der Waals surface area (Å²) in [7, 11) is 0. The van der Waals surface area contributed by atoms with E-state index in [0.717, 1.165) is 58.2 Å². The first-order chi connectivity index (χ1) is 14.1. The van der Waals surface area contributed by atoms with Crippen LogP contribution in [0.1, 0.15) is 50.6 Å². The van der Waals surface area contributed by atoms with E-state index in [1.165, 1.54) is 17.8 Å². The second-order valence-corrected chi connectivity index (χ2v) is 9.68. The van der Waals surface area contributed by atoms with Gasteiger partial charge in [0.05, 0.1) is 18.7 Å². The summed E-state index contributed by atoms with van der Waals surface area (Å²) in [5.74, 6) is 0.518. The number of carbonyl (C=O) groups excluding carboxylic acids is 1. The molecule has 9 heteroatoms. The molecule has 1 unspecified atom stereocenters. The molecule has 156 valence electrons. The normalized spacial score (nSPS) is 30.9. The van der Waals surface area contributed by atoms with Crippen molar-refractivity contribution in [1.82, 2.24) is 24.9 Å². The fourth-order valence-electron chi connectivity index (χ4n) is 5.32. The minimum Gasteiger partial charge on any atom is -0.383 e. The molecule has 2 aromatic heterocycles. The summed E-state index contributed by atoms with van der Waals surface area (Å²) < 4.78 is 1.89. The van der Waals surface area contributed by atoms with E-state index >= 15 is 0 Å². The van der Waals surface area contributed by atoms with Gasteiger partial charge in [-0.2, -0.15) is 0 Å². The van der Waals surface area contributed by atoms with Crippen LogP contribution in [0.3, 0.4) is 0 Å². The highest BCUT2D eigenvalue weighted by Gasteiger charge is 2.43. The Labute approximate surface area is 174 Å². The van der Waals surface area contributed by atoms with Crippen LogP contribution in [-0.4, -0.2) is 55.0 Å². The molecule has 5 heterocycles. The van der Waals surface area contributed by atoms with Crippen LogP contribution < -0.4 is 5.32 Å². The van der Waals surface area contributed by atoms with Gasteiger partial charge in [-0.25, -0.2) is 4.98 Å². The molecule has 6 rings (SSSR count).